The molecule has 8 aromatic rings. The first-order valence-electron chi connectivity index (χ1n) is 14.9. The number of pyridine rings is 2. The van der Waals surface area contributed by atoms with Gasteiger partial charge in [-0.25, -0.2) is 4.98 Å². The minimum atomic E-state index is -1.69. The van der Waals surface area contributed by atoms with E-state index in [-0.39, 0.29) is 0 Å². The molecule has 0 radical (unpaired) electrons. The number of benzene rings is 6. The second-order valence-electron chi connectivity index (χ2n) is 12.2. The van der Waals surface area contributed by atoms with E-state index in [9.17, 15) is 0 Å². The topological polar surface area (TPSA) is 25.8 Å². The predicted molar refractivity (Wildman–Crippen MR) is 185 cm³/mol. The summed E-state index contributed by atoms with van der Waals surface area (Å²) in [5, 5.41) is 10.4. The predicted octanol–water partition coefficient (Wildman–Crippen LogP) is 9.23. The summed E-state index contributed by atoms with van der Waals surface area (Å²) in [6, 6.07) is 46.7. The third kappa shape index (κ3) is 3.52. The third-order valence-electron chi connectivity index (χ3n) is 9.51. The molecule has 1 aliphatic rings. The van der Waals surface area contributed by atoms with Gasteiger partial charge in [0, 0.05) is 22.5 Å². The molecule has 0 saturated heterocycles. The molecule has 2 aromatic heterocycles. The average Bonchev–Trinajstić information content (AvgIpc) is 3.30. The number of nitrogens with zero attached hydrogens (tertiary/aromatic N) is 2. The molecule has 0 unspecified atom stereocenters. The molecule has 0 amide bonds. The highest BCUT2D eigenvalue weighted by Gasteiger charge is 2.37. The Balaban J connectivity index is 1.21. The van der Waals surface area contributed by atoms with E-state index in [2.05, 4.69) is 139 Å². The van der Waals surface area contributed by atoms with E-state index in [1.807, 2.05) is 12.3 Å². The van der Waals surface area contributed by atoms with Crippen LogP contribution in [0.2, 0.25) is 13.1 Å². The van der Waals surface area contributed by atoms with Crippen LogP contribution in [0.1, 0.15) is 0 Å². The van der Waals surface area contributed by atoms with Crippen LogP contribution < -0.4 is 10.4 Å². The van der Waals surface area contributed by atoms with Crippen LogP contribution in [0.15, 0.2) is 134 Å². The molecule has 9 rings (SSSR count). The van der Waals surface area contributed by atoms with Gasteiger partial charge in [-0.3, -0.25) is 4.98 Å². The Hall–Kier alpha value is -5.12. The highest BCUT2D eigenvalue weighted by Crippen LogP contribution is 2.39. The zero-order valence-corrected chi connectivity index (χ0v) is 25.1. The maximum absolute atomic E-state index is 5.17. The fourth-order valence-corrected chi connectivity index (χ4v) is 10.4. The summed E-state index contributed by atoms with van der Waals surface area (Å²) in [6.45, 7) is 4.96. The summed E-state index contributed by atoms with van der Waals surface area (Å²) in [5.74, 6) is 0. The highest BCUT2D eigenvalue weighted by molar-refractivity contribution is 7.04. The van der Waals surface area contributed by atoms with Gasteiger partial charge in [-0.05, 0) is 72.4 Å². The van der Waals surface area contributed by atoms with Crippen molar-refractivity contribution in [1.29, 1.82) is 0 Å². The molecular weight excluding hydrogens is 537 g/mol. The van der Waals surface area contributed by atoms with Gasteiger partial charge in [-0.1, -0.05) is 122 Å². The smallest absolute Gasteiger partial charge is 0.113 e. The fourth-order valence-electron chi connectivity index (χ4n) is 7.35. The van der Waals surface area contributed by atoms with Crippen LogP contribution in [0.25, 0.3) is 76.9 Å². The second kappa shape index (κ2) is 8.94. The van der Waals surface area contributed by atoms with Crippen LogP contribution in [0, 0.1) is 0 Å². The van der Waals surface area contributed by atoms with Crippen molar-refractivity contribution in [2.75, 3.05) is 0 Å². The lowest BCUT2D eigenvalue weighted by Crippen LogP contribution is -2.49. The Labute approximate surface area is 251 Å². The Morgan fingerprint density at radius 2 is 1.21 bits per heavy atom. The van der Waals surface area contributed by atoms with Crippen LogP contribution >= 0.6 is 0 Å². The van der Waals surface area contributed by atoms with Crippen LogP contribution in [0.4, 0.5) is 0 Å². The normalized spacial score (nSPS) is 13.5. The molecule has 0 saturated carbocycles. The third-order valence-corrected chi connectivity index (χ3v) is 13.1. The van der Waals surface area contributed by atoms with Crippen molar-refractivity contribution in [1.82, 2.24) is 9.97 Å². The van der Waals surface area contributed by atoms with E-state index >= 15 is 0 Å². The van der Waals surface area contributed by atoms with Gasteiger partial charge >= 0.3 is 0 Å². The zero-order valence-electron chi connectivity index (χ0n) is 24.1. The van der Waals surface area contributed by atoms with E-state index in [4.69, 9.17) is 4.98 Å². The van der Waals surface area contributed by atoms with E-state index in [1.165, 1.54) is 43.8 Å². The second-order valence-corrected chi connectivity index (χ2v) is 16.5. The Kier molecular flexibility index (Phi) is 5.09. The molecular formula is C40H28N2Si. The monoisotopic (exact) mass is 564 g/mol. The maximum Gasteiger partial charge on any atom is 0.113 e. The molecule has 0 fully saturated rings. The molecule has 0 aliphatic carbocycles. The maximum atomic E-state index is 5.17. The van der Waals surface area contributed by atoms with E-state index in [0.717, 1.165) is 33.1 Å². The molecule has 3 heterocycles. The lowest BCUT2D eigenvalue weighted by atomic mass is 9.91. The first-order valence-corrected chi connectivity index (χ1v) is 17.9. The Morgan fingerprint density at radius 3 is 2.09 bits per heavy atom. The highest BCUT2D eigenvalue weighted by atomic mass is 28.3. The summed E-state index contributed by atoms with van der Waals surface area (Å²) >= 11 is 0. The van der Waals surface area contributed by atoms with Crippen molar-refractivity contribution < 1.29 is 0 Å². The first-order chi connectivity index (χ1) is 21.1. The summed E-state index contributed by atoms with van der Waals surface area (Å²) in [5.41, 5.74) is 9.33. The lowest BCUT2D eigenvalue weighted by Gasteiger charge is -2.19. The van der Waals surface area contributed by atoms with Gasteiger partial charge in [0.15, 0.2) is 0 Å². The van der Waals surface area contributed by atoms with Gasteiger partial charge < -0.3 is 0 Å². The van der Waals surface area contributed by atoms with Crippen molar-refractivity contribution >= 4 is 61.8 Å². The first kappa shape index (κ1) is 24.5. The SMILES string of the molecule is C[Si]1(C)c2ccccc2-c2c1ccc1cc(-c3ccc(-c4ccc5ccc6cccnc6c5n4)c4ccccc34)ccc21. The van der Waals surface area contributed by atoms with E-state index in [0.29, 0.717) is 0 Å². The summed E-state index contributed by atoms with van der Waals surface area (Å²) in [7, 11) is -1.69. The number of aromatic nitrogens is 2. The van der Waals surface area contributed by atoms with Crippen LogP contribution in [0.3, 0.4) is 0 Å². The van der Waals surface area contributed by atoms with Crippen molar-refractivity contribution in [2.24, 2.45) is 0 Å². The lowest BCUT2D eigenvalue weighted by molar-refractivity contribution is 1.37. The largest absolute Gasteiger partial charge is 0.254 e. The zero-order chi connectivity index (χ0) is 28.7. The van der Waals surface area contributed by atoms with Crippen molar-refractivity contribution in [2.45, 2.75) is 13.1 Å². The minimum Gasteiger partial charge on any atom is -0.254 e. The molecule has 43 heavy (non-hydrogen) atoms. The Morgan fingerprint density at radius 1 is 0.488 bits per heavy atom. The van der Waals surface area contributed by atoms with Crippen molar-refractivity contribution in [3.05, 3.63) is 134 Å². The van der Waals surface area contributed by atoms with Gasteiger partial charge in [0.25, 0.3) is 0 Å². The average molecular weight is 565 g/mol. The van der Waals surface area contributed by atoms with Crippen molar-refractivity contribution in [3.63, 3.8) is 0 Å². The van der Waals surface area contributed by atoms with Crippen molar-refractivity contribution in [3.8, 4) is 33.5 Å². The molecule has 1 aliphatic heterocycles. The number of rotatable bonds is 2. The molecule has 0 spiro atoms. The molecule has 2 nitrogen and oxygen atoms in total. The molecule has 0 atom stereocenters. The van der Waals surface area contributed by atoms with E-state index in [1.54, 1.807) is 10.4 Å². The van der Waals surface area contributed by atoms with E-state index < -0.39 is 8.07 Å². The quantitative estimate of drug-likeness (QED) is 0.154. The van der Waals surface area contributed by atoms with Crippen LogP contribution in [0.5, 0.6) is 0 Å². The minimum absolute atomic E-state index is 0.943. The van der Waals surface area contributed by atoms with Crippen LogP contribution in [-0.2, 0) is 0 Å². The number of fused-ring (bicyclic) bond motifs is 9. The standard InChI is InChI=1S/C40H28N2Si/c1-43(2)36-12-6-5-11-34(36)38-30-18-15-27(24-28(30)17-22-37(38)43)29-19-20-33(32-10-4-3-9-31(29)32)35-21-16-26-14-13-25-8-7-23-41-39(25)40(26)42-35/h3-24H,1-2H3. The van der Waals surface area contributed by atoms with Gasteiger partial charge in [0.2, 0.25) is 0 Å². The van der Waals surface area contributed by atoms with Gasteiger partial charge in [0.05, 0.1) is 16.7 Å². The Bertz CT molecular complexity index is 2440. The molecule has 3 heteroatoms. The molecule has 202 valence electrons. The van der Waals surface area contributed by atoms with Gasteiger partial charge in [-0.2, -0.15) is 0 Å². The van der Waals surface area contributed by atoms with Gasteiger partial charge in [-0.15, -0.1) is 0 Å². The van der Waals surface area contributed by atoms with Gasteiger partial charge in [0.1, 0.15) is 8.07 Å². The van der Waals surface area contributed by atoms with Crippen LogP contribution in [-0.4, -0.2) is 18.0 Å². The summed E-state index contributed by atoms with van der Waals surface area (Å²) < 4.78 is 0. The summed E-state index contributed by atoms with van der Waals surface area (Å²) in [6.07, 6.45) is 1.85. The number of hydrogen-bond acceptors (Lipinski definition) is 2. The number of hydrogen-bond donors (Lipinski definition) is 0. The molecule has 0 bridgehead atoms. The molecule has 0 N–H and O–H groups in total. The summed E-state index contributed by atoms with van der Waals surface area (Å²) in [4.78, 5) is 9.84. The fraction of sp³-hybridized carbons (Fsp3) is 0.0500. The molecule has 6 aromatic carbocycles.